The van der Waals surface area contributed by atoms with Gasteiger partial charge in [-0.3, -0.25) is 0 Å². The van der Waals surface area contributed by atoms with Crippen molar-refractivity contribution in [1.29, 1.82) is 0 Å². The van der Waals surface area contributed by atoms with Crippen LogP contribution in [0.5, 0.6) is 0 Å². The highest BCUT2D eigenvalue weighted by Gasteiger charge is 2.24. The van der Waals surface area contributed by atoms with E-state index in [0.29, 0.717) is 6.04 Å². The highest BCUT2D eigenvalue weighted by molar-refractivity contribution is 5.47. The summed E-state index contributed by atoms with van der Waals surface area (Å²) in [6.07, 6.45) is 7.41. The molecule has 1 N–H and O–H groups in total. The topological polar surface area (TPSA) is 75.0 Å². The number of aromatic nitrogens is 5. The Kier molecular flexibility index (Phi) is 5.75. The molecule has 2 aliphatic heterocycles. The lowest BCUT2D eigenvalue weighted by molar-refractivity contribution is 0.369. The van der Waals surface area contributed by atoms with E-state index in [4.69, 9.17) is 9.97 Å². The van der Waals surface area contributed by atoms with Crippen molar-refractivity contribution < 1.29 is 0 Å². The van der Waals surface area contributed by atoms with E-state index in [1.807, 2.05) is 11.6 Å². The van der Waals surface area contributed by atoms with Crippen LogP contribution in [-0.2, 0) is 13.5 Å². The number of hydrogen-bond donors (Lipinski definition) is 1. The van der Waals surface area contributed by atoms with Gasteiger partial charge in [0, 0.05) is 51.0 Å². The number of rotatable bonds is 6. The van der Waals surface area contributed by atoms with Gasteiger partial charge in [0.05, 0.1) is 6.04 Å². The molecule has 0 unspecified atom stereocenters. The van der Waals surface area contributed by atoms with Gasteiger partial charge in [-0.05, 0) is 39.0 Å². The zero-order chi connectivity index (χ0) is 19.5. The molecule has 4 heterocycles. The predicted octanol–water partition coefficient (Wildman–Crippen LogP) is 2.09. The maximum absolute atomic E-state index is 4.92. The van der Waals surface area contributed by atoms with Gasteiger partial charge in [-0.2, -0.15) is 4.98 Å². The average molecular weight is 385 g/mol. The molecule has 2 aromatic heterocycles. The molecule has 2 saturated heterocycles. The second-order valence-corrected chi connectivity index (χ2v) is 8.01. The lowest BCUT2D eigenvalue weighted by Gasteiger charge is -2.35. The Balaban J connectivity index is 1.39. The number of piperidine rings is 1. The third kappa shape index (κ3) is 4.11. The maximum Gasteiger partial charge on any atom is 0.227 e. The summed E-state index contributed by atoms with van der Waals surface area (Å²) >= 11 is 0. The second-order valence-electron chi connectivity index (χ2n) is 8.01. The summed E-state index contributed by atoms with van der Waals surface area (Å²) in [6, 6.07) is 2.88. The van der Waals surface area contributed by atoms with Gasteiger partial charge in [-0.1, -0.05) is 6.92 Å². The van der Waals surface area contributed by atoms with E-state index in [1.54, 1.807) is 6.33 Å². The number of nitrogens with zero attached hydrogens (tertiary/aromatic N) is 7. The molecule has 4 rings (SSSR count). The fraction of sp³-hybridized carbons (Fsp3) is 0.700. The minimum atomic E-state index is 0.205. The predicted molar refractivity (Wildman–Crippen MR) is 111 cm³/mol. The number of anilines is 2. The monoisotopic (exact) mass is 384 g/mol. The standard InChI is InChI=1S/C20H32N8/c1-4-16-13-18(24-20(23-16)28-9-5-6-10-28)27-11-7-17(8-12-27)22-15(2)19-25-21-14-26(19)3/h13-15,17,22H,4-12H2,1-3H3/t15-/m0/s1. The summed E-state index contributed by atoms with van der Waals surface area (Å²) in [4.78, 5) is 14.5. The van der Waals surface area contributed by atoms with Crippen LogP contribution in [0.1, 0.15) is 57.1 Å². The van der Waals surface area contributed by atoms with Gasteiger partial charge in [-0.25, -0.2) is 4.98 Å². The van der Waals surface area contributed by atoms with Crippen LogP contribution in [0.3, 0.4) is 0 Å². The number of hydrogen-bond acceptors (Lipinski definition) is 7. The van der Waals surface area contributed by atoms with Gasteiger partial charge < -0.3 is 19.7 Å². The van der Waals surface area contributed by atoms with Crippen molar-refractivity contribution in [3.05, 3.63) is 23.9 Å². The molecule has 8 heteroatoms. The van der Waals surface area contributed by atoms with Crippen molar-refractivity contribution in [2.45, 2.75) is 58.0 Å². The van der Waals surface area contributed by atoms with Crippen molar-refractivity contribution in [2.24, 2.45) is 7.05 Å². The van der Waals surface area contributed by atoms with Gasteiger partial charge in [0.25, 0.3) is 0 Å². The third-order valence-corrected chi connectivity index (χ3v) is 5.94. The van der Waals surface area contributed by atoms with Gasteiger partial charge >= 0.3 is 0 Å². The van der Waals surface area contributed by atoms with Gasteiger partial charge in [-0.15, -0.1) is 10.2 Å². The van der Waals surface area contributed by atoms with Crippen molar-refractivity contribution in [3.63, 3.8) is 0 Å². The van der Waals surface area contributed by atoms with Crippen LogP contribution in [0.25, 0.3) is 0 Å². The van der Waals surface area contributed by atoms with Crippen LogP contribution < -0.4 is 15.1 Å². The van der Waals surface area contributed by atoms with E-state index in [0.717, 1.165) is 68.7 Å². The molecule has 0 spiro atoms. The summed E-state index contributed by atoms with van der Waals surface area (Å²) in [5.41, 5.74) is 1.14. The first-order valence-corrected chi connectivity index (χ1v) is 10.6. The average Bonchev–Trinajstić information content (AvgIpc) is 3.40. The quantitative estimate of drug-likeness (QED) is 0.817. The molecule has 2 aliphatic rings. The highest BCUT2D eigenvalue weighted by atomic mass is 15.3. The summed E-state index contributed by atoms with van der Waals surface area (Å²) in [6.45, 7) is 8.53. The Hall–Kier alpha value is -2.22. The summed E-state index contributed by atoms with van der Waals surface area (Å²) in [5, 5.41) is 11.9. The molecule has 152 valence electrons. The first-order valence-electron chi connectivity index (χ1n) is 10.6. The Morgan fingerprint density at radius 3 is 2.50 bits per heavy atom. The molecule has 0 radical (unpaired) electrons. The van der Waals surface area contributed by atoms with E-state index in [1.165, 1.54) is 12.8 Å². The Morgan fingerprint density at radius 2 is 1.86 bits per heavy atom. The minimum Gasteiger partial charge on any atom is -0.356 e. The van der Waals surface area contributed by atoms with Crippen molar-refractivity contribution in [2.75, 3.05) is 36.0 Å². The van der Waals surface area contributed by atoms with Crippen LogP contribution in [0, 0.1) is 0 Å². The van der Waals surface area contributed by atoms with Crippen LogP contribution in [0.2, 0.25) is 0 Å². The lowest BCUT2D eigenvalue weighted by Crippen LogP contribution is -2.44. The van der Waals surface area contributed by atoms with Crippen LogP contribution in [0.15, 0.2) is 12.4 Å². The van der Waals surface area contributed by atoms with Crippen molar-refractivity contribution in [1.82, 2.24) is 30.0 Å². The Morgan fingerprint density at radius 1 is 1.11 bits per heavy atom. The molecule has 0 aromatic carbocycles. The molecule has 28 heavy (non-hydrogen) atoms. The molecule has 8 nitrogen and oxygen atoms in total. The molecule has 0 bridgehead atoms. The molecular weight excluding hydrogens is 352 g/mol. The summed E-state index contributed by atoms with van der Waals surface area (Å²) in [7, 11) is 1.99. The Labute approximate surface area is 167 Å². The number of nitrogens with one attached hydrogen (secondary N) is 1. The largest absolute Gasteiger partial charge is 0.356 e. The van der Waals surface area contributed by atoms with Crippen LogP contribution in [-0.4, -0.2) is 57.0 Å². The van der Waals surface area contributed by atoms with E-state index in [9.17, 15) is 0 Å². The number of aryl methyl sites for hydroxylation is 2. The highest BCUT2D eigenvalue weighted by Crippen LogP contribution is 2.24. The molecule has 1 atom stereocenters. The maximum atomic E-state index is 4.92. The van der Waals surface area contributed by atoms with E-state index in [-0.39, 0.29) is 6.04 Å². The van der Waals surface area contributed by atoms with Crippen LogP contribution in [0.4, 0.5) is 11.8 Å². The zero-order valence-corrected chi connectivity index (χ0v) is 17.3. The third-order valence-electron chi connectivity index (χ3n) is 5.94. The molecule has 0 aliphatic carbocycles. The summed E-state index contributed by atoms with van der Waals surface area (Å²) in [5.74, 6) is 3.00. The summed E-state index contributed by atoms with van der Waals surface area (Å²) < 4.78 is 1.99. The smallest absolute Gasteiger partial charge is 0.227 e. The van der Waals surface area contributed by atoms with E-state index in [2.05, 4.69) is 45.2 Å². The first-order chi connectivity index (χ1) is 13.6. The van der Waals surface area contributed by atoms with Crippen molar-refractivity contribution in [3.8, 4) is 0 Å². The fourth-order valence-corrected chi connectivity index (χ4v) is 4.26. The fourth-order valence-electron chi connectivity index (χ4n) is 4.26. The molecular formula is C20H32N8. The second kappa shape index (κ2) is 8.43. The van der Waals surface area contributed by atoms with Gasteiger partial charge in [0.2, 0.25) is 5.95 Å². The van der Waals surface area contributed by atoms with Gasteiger partial charge in [0.15, 0.2) is 0 Å². The zero-order valence-electron chi connectivity index (χ0n) is 17.3. The Bertz CT molecular complexity index is 774. The first kappa shape index (κ1) is 19.1. The molecule has 2 fully saturated rings. The lowest BCUT2D eigenvalue weighted by atomic mass is 10.0. The normalized spacial score (nSPS) is 19.4. The van der Waals surface area contributed by atoms with E-state index < -0.39 is 0 Å². The van der Waals surface area contributed by atoms with Gasteiger partial charge in [0.1, 0.15) is 18.0 Å². The van der Waals surface area contributed by atoms with Crippen molar-refractivity contribution >= 4 is 11.8 Å². The molecule has 2 aromatic rings. The molecule has 0 saturated carbocycles. The molecule has 0 amide bonds. The van der Waals surface area contributed by atoms with Crippen LogP contribution >= 0.6 is 0 Å². The SMILES string of the molecule is CCc1cc(N2CCC(N[C@@H](C)c3nncn3C)CC2)nc(N2CCCC2)n1. The minimum absolute atomic E-state index is 0.205. The van der Waals surface area contributed by atoms with E-state index >= 15 is 0 Å².